The van der Waals surface area contributed by atoms with Crippen LogP contribution in [0.3, 0.4) is 0 Å². The molecule has 0 radical (unpaired) electrons. The number of ether oxygens (including phenoxy) is 1. The molecule has 1 aromatic heterocycles. The Balaban J connectivity index is 2.96. The molecular formula is C8H8ClN3O2. The number of nitrogens with zero attached hydrogens (tertiary/aromatic N) is 2. The van der Waals surface area contributed by atoms with Crippen LogP contribution in [0.1, 0.15) is 5.56 Å². The zero-order chi connectivity index (χ0) is 10.6. The molecule has 74 valence electrons. The molecule has 2 N–H and O–H groups in total. The van der Waals surface area contributed by atoms with Crippen LogP contribution in [0.5, 0.6) is 0 Å². The zero-order valence-electron chi connectivity index (χ0n) is 7.40. The topological polar surface area (TPSA) is 78.1 Å². The van der Waals surface area contributed by atoms with E-state index in [4.69, 9.17) is 17.3 Å². The number of esters is 1. The lowest BCUT2D eigenvalue weighted by Gasteiger charge is -1.99. The number of nitrogens with two attached hydrogens (primary N) is 1. The number of halogens is 1. The third kappa shape index (κ3) is 2.43. The van der Waals surface area contributed by atoms with Gasteiger partial charge in [0, 0.05) is 6.08 Å². The van der Waals surface area contributed by atoms with E-state index in [1.54, 1.807) is 0 Å². The molecule has 0 unspecified atom stereocenters. The fraction of sp³-hybridized carbons (Fsp3) is 0.125. The average Bonchev–Trinajstić information content (AvgIpc) is 2.16. The number of methoxy groups -OCH3 is 1. The lowest BCUT2D eigenvalue weighted by Crippen LogP contribution is -1.98. The molecule has 0 amide bonds. The maximum absolute atomic E-state index is 10.8. The minimum absolute atomic E-state index is 0.192. The summed E-state index contributed by atoms with van der Waals surface area (Å²) in [5, 5.41) is 0.192. The van der Waals surface area contributed by atoms with Crippen molar-refractivity contribution in [2.45, 2.75) is 0 Å². The van der Waals surface area contributed by atoms with Crippen LogP contribution in [-0.2, 0) is 9.53 Å². The number of carbonyl (C=O) groups excluding carboxylic acids is 1. The van der Waals surface area contributed by atoms with Gasteiger partial charge in [-0.05, 0) is 6.08 Å². The van der Waals surface area contributed by atoms with E-state index in [-0.39, 0.29) is 11.0 Å². The first-order valence-corrected chi connectivity index (χ1v) is 4.05. The predicted octanol–water partition coefficient (Wildman–Crippen LogP) is 0.898. The Morgan fingerprint density at radius 1 is 1.64 bits per heavy atom. The second-order valence-corrected chi connectivity index (χ2v) is 2.68. The second-order valence-electron chi connectivity index (χ2n) is 2.32. The van der Waals surface area contributed by atoms with Crippen molar-refractivity contribution < 1.29 is 9.53 Å². The first-order valence-electron chi connectivity index (χ1n) is 3.67. The van der Waals surface area contributed by atoms with Crippen molar-refractivity contribution in [3.63, 3.8) is 0 Å². The summed E-state index contributed by atoms with van der Waals surface area (Å²) in [6, 6.07) is 0. The van der Waals surface area contributed by atoms with Gasteiger partial charge in [0.05, 0.1) is 12.7 Å². The second kappa shape index (κ2) is 4.57. The highest BCUT2D eigenvalue weighted by Crippen LogP contribution is 2.18. The summed E-state index contributed by atoms with van der Waals surface area (Å²) in [6.45, 7) is 0. The molecule has 0 aliphatic carbocycles. The Bertz CT molecular complexity index is 359. The highest BCUT2D eigenvalue weighted by atomic mass is 35.5. The van der Waals surface area contributed by atoms with Crippen LogP contribution in [0.25, 0.3) is 6.08 Å². The number of rotatable bonds is 2. The van der Waals surface area contributed by atoms with Gasteiger partial charge in [0.2, 0.25) is 0 Å². The molecule has 5 nitrogen and oxygen atoms in total. The Morgan fingerprint density at radius 2 is 2.36 bits per heavy atom. The summed E-state index contributed by atoms with van der Waals surface area (Å²) in [5.74, 6) is -0.283. The Kier molecular flexibility index (Phi) is 3.41. The third-order valence-corrected chi connectivity index (χ3v) is 1.75. The van der Waals surface area contributed by atoms with E-state index in [0.29, 0.717) is 5.56 Å². The summed E-state index contributed by atoms with van der Waals surface area (Å²) >= 11 is 5.72. The van der Waals surface area contributed by atoms with E-state index in [2.05, 4.69) is 14.7 Å². The van der Waals surface area contributed by atoms with Crippen LogP contribution >= 0.6 is 11.6 Å². The van der Waals surface area contributed by atoms with Crippen LogP contribution in [0.15, 0.2) is 12.4 Å². The molecule has 6 heteroatoms. The largest absolute Gasteiger partial charge is 0.466 e. The molecule has 1 aromatic rings. The van der Waals surface area contributed by atoms with Gasteiger partial charge in [0.25, 0.3) is 0 Å². The minimum atomic E-state index is -0.496. The normalized spacial score (nSPS) is 10.4. The average molecular weight is 214 g/mol. The molecular weight excluding hydrogens is 206 g/mol. The van der Waals surface area contributed by atoms with E-state index in [1.807, 2.05) is 0 Å². The molecule has 14 heavy (non-hydrogen) atoms. The summed E-state index contributed by atoms with van der Waals surface area (Å²) < 4.78 is 4.40. The molecule has 0 bridgehead atoms. The number of aromatic nitrogens is 2. The predicted molar refractivity (Wildman–Crippen MR) is 52.5 cm³/mol. The summed E-state index contributed by atoms with van der Waals surface area (Å²) in [6.07, 6.45) is 3.84. The van der Waals surface area contributed by atoms with Gasteiger partial charge < -0.3 is 10.5 Å². The van der Waals surface area contributed by atoms with Crippen molar-refractivity contribution in [1.82, 2.24) is 9.97 Å². The third-order valence-electron chi connectivity index (χ3n) is 1.45. The van der Waals surface area contributed by atoms with Gasteiger partial charge >= 0.3 is 5.97 Å². The molecule has 1 rings (SSSR count). The number of hydrogen-bond acceptors (Lipinski definition) is 5. The number of carbonyl (C=O) groups is 1. The van der Waals surface area contributed by atoms with Gasteiger partial charge in [-0.1, -0.05) is 11.6 Å². The Morgan fingerprint density at radius 3 is 2.93 bits per heavy atom. The number of hydrogen-bond donors (Lipinski definition) is 1. The molecule has 0 aliphatic rings. The van der Waals surface area contributed by atoms with Crippen LogP contribution in [-0.4, -0.2) is 23.0 Å². The van der Waals surface area contributed by atoms with Crippen LogP contribution < -0.4 is 5.73 Å². The van der Waals surface area contributed by atoms with Gasteiger partial charge in [0.15, 0.2) is 0 Å². The smallest absolute Gasteiger partial charge is 0.330 e. The van der Waals surface area contributed by atoms with E-state index >= 15 is 0 Å². The fourth-order valence-electron chi connectivity index (χ4n) is 0.760. The Labute approximate surface area is 85.6 Å². The number of nitrogen functional groups attached to an aromatic ring is 1. The SMILES string of the molecule is COC(=O)/C=C/c1c(N)ncnc1Cl. The maximum atomic E-state index is 10.8. The maximum Gasteiger partial charge on any atom is 0.330 e. The van der Waals surface area contributed by atoms with Gasteiger partial charge in [-0.25, -0.2) is 14.8 Å². The lowest BCUT2D eigenvalue weighted by molar-refractivity contribution is -0.134. The summed E-state index contributed by atoms with van der Waals surface area (Å²) in [4.78, 5) is 18.2. The minimum Gasteiger partial charge on any atom is -0.466 e. The highest BCUT2D eigenvalue weighted by molar-refractivity contribution is 6.31. The first kappa shape index (κ1) is 10.5. The summed E-state index contributed by atoms with van der Waals surface area (Å²) in [7, 11) is 1.28. The van der Waals surface area contributed by atoms with Crippen LogP contribution in [0.2, 0.25) is 5.15 Å². The van der Waals surface area contributed by atoms with Crippen LogP contribution in [0, 0.1) is 0 Å². The zero-order valence-corrected chi connectivity index (χ0v) is 8.15. The Hall–Kier alpha value is -1.62. The van der Waals surface area contributed by atoms with Crippen molar-refractivity contribution in [3.05, 3.63) is 23.1 Å². The molecule has 0 fully saturated rings. The lowest BCUT2D eigenvalue weighted by atomic mass is 10.3. The molecule has 0 saturated heterocycles. The van der Waals surface area contributed by atoms with Crippen molar-refractivity contribution in [1.29, 1.82) is 0 Å². The van der Waals surface area contributed by atoms with Gasteiger partial charge in [-0.15, -0.1) is 0 Å². The standard InChI is InChI=1S/C8H8ClN3O2/c1-14-6(13)3-2-5-7(9)11-4-12-8(5)10/h2-4H,1H3,(H2,10,11,12)/b3-2+. The quantitative estimate of drug-likeness (QED) is 0.449. The fourth-order valence-corrected chi connectivity index (χ4v) is 0.964. The van der Waals surface area contributed by atoms with Crippen molar-refractivity contribution in [2.24, 2.45) is 0 Å². The van der Waals surface area contributed by atoms with E-state index in [0.717, 1.165) is 0 Å². The number of anilines is 1. The molecule has 0 spiro atoms. The van der Waals surface area contributed by atoms with Crippen molar-refractivity contribution >= 4 is 29.5 Å². The molecule has 1 heterocycles. The van der Waals surface area contributed by atoms with E-state index in [9.17, 15) is 4.79 Å². The van der Waals surface area contributed by atoms with E-state index < -0.39 is 5.97 Å². The molecule has 0 aliphatic heterocycles. The summed E-state index contributed by atoms with van der Waals surface area (Å²) in [5.41, 5.74) is 5.91. The molecule has 0 atom stereocenters. The van der Waals surface area contributed by atoms with Crippen molar-refractivity contribution in [3.8, 4) is 0 Å². The monoisotopic (exact) mass is 213 g/mol. The van der Waals surface area contributed by atoms with Crippen molar-refractivity contribution in [2.75, 3.05) is 12.8 Å². The first-order chi connectivity index (χ1) is 6.65. The molecule has 0 saturated carbocycles. The van der Waals surface area contributed by atoms with Gasteiger partial charge in [-0.3, -0.25) is 0 Å². The molecule has 0 aromatic carbocycles. The van der Waals surface area contributed by atoms with Gasteiger partial charge in [0.1, 0.15) is 17.3 Å². The van der Waals surface area contributed by atoms with Crippen LogP contribution in [0.4, 0.5) is 5.82 Å². The van der Waals surface area contributed by atoms with E-state index in [1.165, 1.54) is 25.6 Å². The highest BCUT2D eigenvalue weighted by Gasteiger charge is 2.03. The van der Waals surface area contributed by atoms with Gasteiger partial charge in [-0.2, -0.15) is 0 Å².